The van der Waals surface area contributed by atoms with Gasteiger partial charge in [-0.1, -0.05) is 0 Å². The first-order chi connectivity index (χ1) is 9.12. The van der Waals surface area contributed by atoms with Crippen molar-refractivity contribution in [1.29, 1.82) is 0 Å². The molecule has 0 aliphatic heterocycles. The van der Waals surface area contributed by atoms with Crippen molar-refractivity contribution in [3.8, 4) is 23.3 Å². The first-order valence-electron chi connectivity index (χ1n) is 5.32. The molecular formula is C12H12BrN3O3. The zero-order valence-corrected chi connectivity index (χ0v) is 12.0. The minimum Gasteiger partial charge on any atom is -0.497 e. The summed E-state index contributed by atoms with van der Waals surface area (Å²) in [6.07, 6.45) is 0. The first-order valence-corrected chi connectivity index (χ1v) is 6.11. The van der Waals surface area contributed by atoms with E-state index in [9.17, 15) is 0 Å². The van der Waals surface area contributed by atoms with E-state index in [4.69, 9.17) is 19.9 Å². The molecule has 1 heterocycles. The summed E-state index contributed by atoms with van der Waals surface area (Å²) in [6, 6.07) is 6.87. The predicted molar refractivity (Wildman–Crippen MR) is 73.8 cm³/mol. The van der Waals surface area contributed by atoms with Gasteiger partial charge in [0.15, 0.2) is 0 Å². The highest BCUT2D eigenvalue weighted by Gasteiger charge is 2.08. The van der Waals surface area contributed by atoms with Crippen LogP contribution in [-0.2, 0) is 0 Å². The van der Waals surface area contributed by atoms with E-state index in [1.165, 1.54) is 7.11 Å². The van der Waals surface area contributed by atoms with Crippen molar-refractivity contribution in [3.63, 3.8) is 0 Å². The summed E-state index contributed by atoms with van der Waals surface area (Å²) in [4.78, 5) is 7.85. The Balaban J connectivity index is 2.28. The summed E-state index contributed by atoms with van der Waals surface area (Å²) in [7, 11) is 3.09. The van der Waals surface area contributed by atoms with Crippen LogP contribution >= 0.6 is 15.9 Å². The van der Waals surface area contributed by atoms with Crippen LogP contribution in [0.5, 0.6) is 23.3 Å². The molecule has 6 nitrogen and oxygen atoms in total. The zero-order chi connectivity index (χ0) is 13.8. The molecule has 1 aromatic heterocycles. The van der Waals surface area contributed by atoms with Gasteiger partial charge < -0.3 is 19.9 Å². The van der Waals surface area contributed by atoms with Crippen LogP contribution < -0.4 is 19.9 Å². The molecule has 0 saturated heterocycles. The lowest BCUT2D eigenvalue weighted by Gasteiger charge is -2.09. The molecule has 0 bridgehead atoms. The standard InChI is InChI=1S/C12H12BrN3O3/c1-17-7-3-4-9(8(13)5-7)19-11-6-10(18-2)15-12(14)16-11/h3-6H,1-2H3,(H2,14,15,16). The molecule has 2 aromatic rings. The zero-order valence-electron chi connectivity index (χ0n) is 10.4. The van der Waals surface area contributed by atoms with Crippen LogP contribution in [0.25, 0.3) is 0 Å². The van der Waals surface area contributed by atoms with Gasteiger partial charge in [0.05, 0.1) is 24.8 Å². The summed E-state index contributed by atoms with van der Waals surface area (Å²) in [5.41, 5.74) is 5.56. The summed E-state index contributed by atoms with van der Waals surface area (Å²) >= 11 is 3.39. The van der Waals surface area contributed by atoms with Crippen molar-refractivity contribution in [3.05, 3.63) is 28.7 Å². The number of ether oxygens (including phenoxy) is 3. The molecule has 0 spiro atoms. The lowest BCUT2D eigenvalue weighted by atomic mass is 10.3. The third-order valence-corrected chi connectivity index (χ3v) is 2.88. The second-order valence-electron chi connectivity index (χ2n) is 3.51. The number of benzene rings is 1. The number of halogens is 1. The fourth-order valence-corrected chi connectivity index (χ4v) is 1.82. The minimum atomic E-state index is 0.0824. The Morgan fingerprint density at radius 3 is 2.42 bits per heavy atom. The lowest BCUT2D eigenvalue weighted by Crippen LogP contribution is -1.99. The normalized spacial score (nSPS) is 10.1. The second-order valence-corrected chi connectivity index (χ2v) is 4.36. The number of anilines is 1. The molecule has 0 radical (unpaired) electrons. The number of nitrogens with zero attached hydrogens (tertiary/aromatic N) is 2. The highest BCUT2D eigenvalue weighted by atomic mass is 79.9. The van der Waals surface area contributed by atoms with Gasteiger partial charge >= 0.3 is 0 Å². The Labute approximate surface area is 118 Å². The summed E-state index contributed by atoms with van der Waals surface area (Å²) in [6.45, 7) is 0. The maximum absolute atomic E-state index is 5.62. The van der Waals surface area contributed by atoms with E-state index >= 15 is 0 Å². The number of hydrogen-bond acceptors (Lipinski definition) is 6. The largest absolute Gasteiger partial charge is 0.497 e. The van der Waals surface area contributed by atoms with Crippen LogP contribution in [0, 0.1) is 0 Å². The Morgan fingerprint density at radius 2 is 1.79 bits per heavy atom. The molecule has 0 aliphatic rings. The van der Waals surface area contributed by atoms with Crippen molar-refractivity contribution in [1.82, 2.24) is 9.97 Å². The van der Waals surface area contributed by atoms with Crippen LogP contribution in [0.3, 0.4) is 0 Å². The van der Waals surface area contributed by atoms with E-state index in [0.717, 1.165) is 10.2 Å². The van der Waals surface area contributed by atoms with Crippen LogP contribution in [0.2, 0.25) is 0 Å². The van der Waals surface area contributed by atoms with E-state index < -0.39 is 0 Å². The van der Waals surface area contributed by atoms with E-state index in [1.807, 2.05) is 0 Å². The van der Waals surface area contributed by atoms with E-state index in [1.54, 1.807) is 31.4 Å². The molecule has 0 fully saturated rings. The molecule has 0 unspecified atom stereocenters. The maximum Gasteiger partial charge on any atom is 0.227 e. The summed E-state index contributed by atoms with van der Waals surface area (Å²) in [5.74, 6) is 2.03. The lowest BCUT2D eigenvalue weighted by molar-refractivity contribution is 0.388. The predicted octanol–water partition coefficient (Wildman–Crippen LogP) is 2.63. The van der Waals surface area contributed by atoms with Gasteiger partial charge in [-0.25, -0.2) is 0 Å². The van der Waals surface area contributed by atoms with Crippen molar-refractivity contribution in [2.45, 2.75) is 0 Å². The molecule has 2 N–H and O–H groups in total. The van der Waals surface area contributed by atoms with Gasteiger partial charge in [-0.05, 0) is 34.1 Å². The third-order valence-electron chi connectivity index (χ3n) is 2.26. The van der Waals surface area contributed by atoms with Crippen LogP contribution in [0.15, 0.2) is 28.7 Å². The average molecular weight is 326 g/mol. The van der Waals surface area contributed by atoms with Crippen molar-refractivity contribution >= 4 is 21.9 Å². The van der Waals surface area contributed by atoms with Crippen LogP contribution in [-0.4, -0.2) is 24.2 Å². The van der Waals surface area contributed by atoms with Crippen LogP contribution in [0.1, 0.15) is 0 Å². The van der Waals surface area contributed by atoms with Crippen molar-refractivity contribution in [2.24, 2.45) is 0 Å². The monoisotopic (exact) mass is 325 g/mol. The van der Waals surface area contributed by atoms with Crippen molar-refractivity contribution < 1.29 is 14.2 Å². The number of rotatable bonds is 4. The topological polar surface area (TPSA) is 79.5 Å². The molecule has 2 rings (SSSR count). The van der Waals surface area contributed by atoms with E-state index in [-0.39, 0.29) is 5.95 Å². The van der Waals surface area contributed by atoms with Gasteiger partial charge in [-0.2, -0.15) is 9.97 Å². The smallest absolute Gasteiger partial charge is 0.227 e. The molecular weight excluding hydrogens is 314 g/mol. The van der Waals surface area contributed by atoms with E-state index in [2.05, 4.69) is 25.9 Å². The van der Waals surface area contributed by atoms with E-state index in [0.29, 0.717) is 17.5 Å². The van der Waals surface area contributed by atoms with Crippen molar-refractivity contribution in [2.75, 3.05) is 20.0 Å². The first kappa shape index (κ1) is 13.4. The Morgan fingerprint density at radius 1 is 1.05 bits per heavy atom. The quantitative estimate of drug-likeness (QED) is 0.930. The highest BCUT2D eigenvalue weighted by molar-refractivity contribution is 9.10. The average Bonchev–Trinajstić information content (AvgIpc) is 2.40. The van der Waals surface area contributed by atoms with Gasteiger partial charge in [-0.3, -0.25) is 0 Å². The molecule has 0 aliphatic carbocycles. The highest BCUT2D eigenvalue weighted by Crippen LogP contribution is 2.32. The third kappa shape index (κ3) is 3.25. The van der Waals surface area contributed by atoms with Gasteiger partial charge in [-0.15, -0.1) is 0 Å². The SMILES string of the molecule is COc1ccc(Oc2cc(OC)nc(N)n2)c(Br)c1. The number of hydrogen-bond donors (Lipinski definition) is 1. The molecule has 19 heavy (non-hydrogen) atoms. The summed E-state index contributed by atoms with van der Waals surface area (Å²) < 4.78 is 16.5. The summed E-state index contributed by atoms with van der Waals surface area (Å²) in [5, 5.41) is 0. The Bertz CT molecular complexity index is 592. The van der Waals surface area contributed by atoms with Gasteiger partial charge in [0, 0.05) is 0 Å². The Hall–Kier alpha value is -2.02. The van der Waals surface area contributed by atoms with Gasteiger partial charge in [0.25, 0.3) is 0 Å². The molecule has 0 atom stereocenters. The molecule has 0 amide bonds. The molecule has 0 saturated carbocycles. The van der Waals surface area contributed by atoms with Gasteiger partial charge in [0.2, 0.25) is 17.7 Å². The molecule has 7 heteroatoms. The molecule has 100 valence electrons. The molecule has 1 aromatic carbocycles. The number of methoxy groups -OCH3 is 2. The minimum absolute atomic E-state index is 0.0824. The van der Waals surface area contributed by atoms with Gasteiger partial charge in [0.1, 0.15) is 11.5 Å². The number of aromatic nitrogens is 2. The van der Waals surface area contributed by atoms with Crippen LogP contribution in [0.4, 0.5) is 5.95 Å². The maximum atomic E-state index is 5.62. The Kier molecular flexibility index (Phi) is 4.06. The fraction of sp³-hybridized carbons (Fsp3) is 0.167. The fourth-order valence-electron chi connectivity index (χ4n) is 1.38. The second kappa shape index (κ2) is 5.75. The number of nitrogens with two attached hydrogens (primary N) is 1. The number of nitrogen functional groups attached to an aromatic ring is 1.